The first-order chi connectivity index (χ1) is 35.2. The van der Waals surface area contributed by atoms with Crippen molar-refractivity contribution in [1.29, 1.82) is 0 Å². The van der Waals surface area contributed by atoms with E-state index in [2.05, 4.69) is 31.3 Å². The molecular formula is C67H133NO3. The van der Waals surface area contributed by atoms with Gasteiger partial charge in [0.25, 0.3) is 0 Å². The lowest BCUT2D eigenvalue weighted by atomic mass is 10.0. The molecule has 0 aromatic heterocycles. The van der Waals surface area contributed by atoms with Crippen LogP contribution in [0.1, 0.15) is 393 Å². The first-order valence-corrected chi connectivity index (χ1v) is 33.4. The van der Waals surface area contributed by atoms with Crippen LogP contribution in [0, 0.1) is 0 Å². The number of carbonyl (C=O) groups excluding carboxylic acids is 1. The van der Waals surface area contributed by atoms with E-state index in [1.54, 1.807) is 0 Å². The maximum Gasteiger partial charge on any atom is 0.220 e. The number of aliphatic hydroxyl groups excluding tert-OH is 2. The highest BCUT2D eigenvalue weighted by atomic mass is 16.3. The van der Waals surface area contributed by atoms with E-state index in [1.165, 1.54) is 340 Å². The topological polar surface area (TPSA) is 69.6 Å². The summed E-state index contributed by atoms with van der Waals surface area (Å²) in [5, 5.41) is 23.4. The van der Waals surface area contributed by atoms with Crippen LogP contribution in [0.5, 0.6) is 0 Å². The maximum atomic E-state index is 12.5. The molecule has 0 aliphatic carbocycles. The summed E-state index contributed by atoms with van der Waals surface area (Å²) < 4.78 is 0. The van der Waals surface area contributed by atoms with E-state index in [0.717, 1.165) is 25.7 Å². The van der Waals surface area contributed by atoms with Crippen LogP contribution in [-0.2, 0) is 4.79 Å². The molecule has 0 heterocycles. The van der Waals surface area contributed by atoms with Crippen molar-refractivity contribution in [3.63, 3.8) is 0 Å². The van der Waals surface area contributed by atoms with Crippen LogP contribution >= 0.6 is 0 Å². The van der Waals surface area contributed by atoms with Crippen LogP contribution < -0.4 is 5.32 Å². The van der Waals surface area contributed by atoms with Crippen molar-refractivity contribution in [2.45, 2.75) is 405 Å². The zero-order valence-electron chi connectivity index (χ0n) is 49.0. The summed E-state index contributed by atoms with van der Waals surface area (Å²) in [5.74, 6) is -0.0211. The molecule has 0 aromatic rings. The molecule has 0 aliphatic rings. The van der Waals surface area contributed by atoms with Crippen LogP contribution in [0.3, 0.4) is 0 Å². The van der Waals surface area contributed by atoms with E-state index in [4.69, 9.17) is 0 Å². The van der Waals surface area contributed by atoms with Gasteiger partial charge >= 0.3 is 0 Å². The van der Waals surface area contributed by atoms with E-state index < -0.39 is 12.1 Å². The number of hydrogen-bond donors (Lipinski definition) is 3. The summed E-state index contributed by atoms with van der Waals surface area (Å²) in [6.07, 6.45) is 84.0. The molecule has 0 saturated heterocycles. The van der Waals surface area contributed by atoms with Crippen LogP contribution in [0.2, 0.25) is 0 Å². The molecule has 4 nitrogen and oxygen atoms in total. The Morgan fingerprint density at radius 1 is 0.324 bits per heavy atom. The van der Waals surface area contributed by atoms with Gasteiger partial charge in [-0.05, 0) is 38.5 Å². The van der Waals surface area contributed by atoms with Gasteiger partial charge in [-0.15, -0.1) is 0 Å². The van der Waals surface area contributed by atoms with E-state index in [0.29, 0.717) is 12.8 Å². The number of hydrogen-bond acceptors (Lipinski definition) is 3. The first-order valence-electron chi connectivity index (χ1n) is 33.4. The Hall–Kier alpha value is -0.870. The van der Waals surface area contributed by atoms with Gasteiger partial charge in [-0.1, -0.05) is 360 Å². The van der Waals surface area contributed by atoms with Gasteiger partial charge in [-0.25, -0.2) is 0 Å². The minimum absolute atomic E-state index is 0.0211. The predicted octanol–water partition coefficient (Wildman–Crippen LogP) is 22.4. The fourth-order valence-electron chi connectivity index (χ4n) is 11.0. The van der Waals surface area contributed by atoms with Crippen molar-refractivity contribution in [2.75, 3.05) is 6.61 Å². The number of nitrogens with one attached hydrogen (secondary N) is 1. The highest BCUT2D eigenvalue weighted by Gasteiger charge is 2.20. The van der Waals surface area contributed by atoms with Crippen LogP contribution in [0.4, 0.5) is 0 Å². The molecule has 0 aromatic carbocycles. The Kier molecular flexibility index (Phi) is 62.6. The highest BCUT2D eigenvalue weighted by molar-refractivity contribution is 5.76. The summed E-state index contributed by atoms with van der Waals surface area (Å²) in [4.78, 5) is 12.5. The van der Waals surface area contributed by atoms with E-state index in [9.17, 15) is 15.0 Å². The standard InChI is InChI=1S/C67H133NO3/c1-3-5-7-9-11-13-15-17-19-21-23-25-27-28-29-30-31-32-33-34-35-36-37-38-39-40-41-43-45-47-49-51-53-55-57-59-61-63-67(71)68-65(64-69)66(70)62-60-58-56-54-52-50-48-46-44-42-26-24-22-20-18-16-14-12-10-8-6-4-2/h21,23,65-66,69-70H,3-20,22,24-64H2,1-2H3,(H,68,71)/b23-21-. The van der Waals surface area contributed by atoms with Crippen molar-refractivity contribution in [2.24, 2.45) is 0 Å². The minimum atomic E-state index is -0.657. The number of allylic oxidation sites excluding steroid dienone is 2. The van der Waals surface area contributed by atoms with Crippen LogP contribution in [0.25, 0.3) is 0 Å². The van der Waals surface area contributed by atoms with Crippen molar-refractivity contribution in [3.05, 3.63) is 12.2 Å². The Bertz CT molecular complexity index is 998. The number of rotatable bonds is 63. The molecule has 0 rings (SSSR count). The Balaban J connectivity index is 3.36. The molecule has 424 valence electrons. The third-order valence-corrected chi connectivity index (χ3v) is 16.0. The van der Waals surface area contributed by atoms with Gasteiger partial charge in [-0.3, -0.25) is 4.79 Å². The van der Waals surface area contributed by atoms with E-state index in [-0.39, 0.29) is 12.5 Å². The number of carbonyl (C=O) groups is 1. The minimum Gasteiger partial charge on any atom is -0.394 e. The number of amides is 1. The zero-order valence-corrected chi connectivity index (χ0v) is 49.0. The largest absolute Gasteiger partial charge is 0.394 e. The Morgan fingerprint density at radius 3 is 0.775 bits per heavy atom. The zero-order chi connectivity index (χ0) is 51.3. The normalized spacial score (nSPS) is 12.7. The van der Waals surface area contributed by atoms with Gasteiger partial charge in [0.2, 0.25) is 5.91 Å². The fraction of sp³-hybridized carbons (Fsp3) is 0.955. The molecule has 2 atom stereocenters. The average Bonchev–Trinajstić information content (AvgIpc) is 3.37. The van der Waals surface area contributed by atoms with Gasteiger partial charge in [0.05, 0.1) is 18.8 Å². The lowest BCUT2D eigenvalue weighted by molar-refractivity contribution is -0.123. The van der Waals surface area contributed by atoms with E-state index in [1.807, 2.05) is 0 Å². The molecule has 0 bridgehead atoms. The third kappa shape index (κ3) is 59.9. The summed E-state index contributed by atoms with van der Waals surface area (Å²) in [6.45, 7) is 4.41. The Labute approximate surface area is 447 Å². The van der Waals surface area contributed by atoms with Crippen molar-refractivity contribution in [3.8, 4) is 0 Å². The van der Waals surface area contributed by atoms with Crippen molar-refractivity contribution >= 4 is 5.91 Å². The summed E-state index contributed by atoms with van der Waals surface area (Å²) >= 11 is 0. The van der Waals surface area contributed by atoms with Gasteiger partial charge in [0.1, 0.15) is 0 Å². The van der Waals surface area contributed by atoms with Gasteiger partial charge < -0.3 is 15.5 Å². The molecule has 0 spiro atoms. The lowest BCUT2D eigenvalue weighted by Gasteiger charge is -2.22. The second-order valence-electron chi connectivity index (χ2n) is 23.2. The maximum absolute atomic E-state index is 12.5. The molecule has 3 N–H and O–H groups in total. The van der Waals surface area contributed by atoms with Gasteiger partial charge in [-0.2, -0.15) is 0 Å². The number of aliphatic hydroxyl groups is 2. The smallest absolute Gasteiger partial charge is 0.220 e. The SMILES string of the molecule is CCCCCCCCCC/C=C\CCCCCCCCCCCCCCCCCCCCCCCCCCCC(=O)NC(CO)C(O)CCCCCCCCCCCCCCCCCCCCCCCC. The quantitative estimate of drug-likeness (QED) is 0.0420. The summed E-state index contributed by atoms with van der Waals surface area (Å²) in [6, 6.07) is -0.533. The second-order valence-corrected chi connectivity index (χ2v) is 23.2. The molecule has 0 aliphatic heterocycles. The second kappa shape index (κ2) is 63.4. The van der Waals surface area contributed by atoms with Gasteiger partial charge in [0, 0.05) is 6.42 Å². The highest BCUT2D eigenvalue weighted by Crippen LogP contribution is 2.19. The molecule has 0 saturated carbocycles. The molecule has 1 amide bonds. The van der Waals surface area contributed by atoms with E-state index >= 15 is 0 Å². The van der Waals surface area contributed by atoms with Crippen molar-refractivity contribution < 1.29 is 15.0 Å². The monoisotopic (exact) mass is 1000 g/mol. The number of unbranched alkanes of at least 4 members (excludes halogenated alkanes) is 54. The van der Waals surface area contributed by atoms with Crippen molar-refractivity contribution in [1.82, 2.24) is 5.32 Å². The third-order valence-electron chi connectivity index (χ3n) is 16.0. The van der Waals surface area contributed by atoms with Crippen LogP contribution in [-0.4, -0.2) is 34.9 Å². The summed E-state index contributed by atoms with van der Waals surface area (Å²) in [7, 11) is 0. The average molecular weight is 1000 g/mol. The molecule has 2 unspecified atom stereocenters. The lowest BCUT2D eigenvalue weighted by Crippen LogP contribution is -2.45. The molecule has 0 fully saturated rings. The fourth-order valence-corrected chi connectivity index (χ4v) is 11.0. The Morgan fingerprint density at radius 2 is 0.535 bits per heavy atom. The molecular weight excluding hydrogens is 867 g/mol. The van der Waals surface area contributed by atoms with Gasteiger partial charge in [0.15, 0.2) is 0 Å². The predicted molar refractivity (Wildman–Crippen MR) is 318 cm³/mol. The van der Waals surface area contributed by atoms with Crippen LogP contribution in [0.15, 0.2) is 12.2 Å². The first kappa shape index (κ1) is 70.1. The summed E-state index contributed by atoms with van der Waals surface area (Å²) in [5.41, 5.74) is 0. The molecule has 0 radical (unpaired) electrons. The molecule has 4 heteroatoms. The molecule has 71 heavy (non-hydrogen) atoms.